The molecular formula is C16H28N2O2. The van der Waals surface area contributed by atoms with Gasteiger partial charge in [-0.15, -0.1) is 0 Å². The normalized spacial score (nSPS) is 34.1. The van der Waals surface area contributed by atoms with Crippen LogP contribution in [0, 0.1) is 5.41 Å². The predicted molar refractivity (Wildman–Crippen MR) is 78.5 cm³/mol. The van der Waals surface area contributed by atoms with Crippen molar-refractivity contribution in [3.05, 3.63) is 0 Å². The Hall–Kier alpha value is -0.610. The van der Waals surface area contributed by atoms with E-state index in [-0.39, 0.29) is 18.1 Å². The molecule has 0 bridgehead atoms. The smallest absolute Gasteiger partial charge is 0.242 e. The van der Waals surface area contributed by atoms with Crippen LogP contribution >= 0.6 is 0 Å². The summed E-state index contributed by atoms with van der Waals surface area (Å²) < 4.78 is 5.63. The van der Waals surface area contributed by atoms with Crippen LogP contribution in [0.4, 0.5) is 0 Å². The highest BCUT2D eigenvalue weighted by Crippen LogP contribution is 2.43. The Morgan fingerprint density at radius 3 is 2.70 bits per heavy atom. The van der Waals surface area contributed by atoms with Crippen LogP contribution < -0.4 is 5.32 Å². The van der Waals surface area contributed by atoms with Crippen molar-refractivity contribution >= 4 is 5.91 Å². The molecule has 4 heteroatoms. The molecule has 2 saturated heterocycles. The summed E-state index contributed by atoms with van der Waals surface area (Å²) in [6.45, 7) is 5.44. The highest BCUT2D eigenvalue weighted by atomic mass is 16.5. The number of ether oxygens (including phenoxy) is 1. The van der Waals surface area contributed by atoms with E-state index in [1.807, 2.05) is 6.92 Å². The predicted octanol–water partition coefficient (Wildman–Crippen LogP) is 1.94. The number of hydrogen-bond acceptors (Lipinski definition) is 3. The van der Waals surface area contributed by atoms with Crippen LogP contribution in [0.2, 0.25) is 0 Å². The second-order valence-corrected chi connectivity index (χ2v) is 6.93. The third-order valence-corrected chi connectivity index (χ3v) is 5.47. The van der Waals surface area contributed by atoms with Crippen LogP contribution in [0.3, 0.4) is 0 Å². The lowest BCUT2D eigenvalue weighted by molar-refractivity contribution is -0.143. The van der Waals surface area contributed by atoms with Gasteiger partial charge < -0.3 is 15.0 Å². The van der Waals surface area contributed by atoms with Crippen LogP contribution in [-0.4, -0.2) is 49.2 Å². The number of amides is 1. The minimum atomic E-state index is -0.137. The molecule has 3 rings (SSSR count). The summed E-state index contributed by atoms with van der Waals surface area (Å²) in [4.78, 5) is 14.9. The molecule has 1 N–H and O–H groups in total. The Balaban J connectivity index is 1.65. The SMILES string of the molecule is C[C@H]1OCCN[C@@H]1C(=O)N1CCCC2(CCCCC2)C1. The Bertz CT molecular complexity index is 347. The fourth-order valence-electron chi connectivity index (χ4n) is 4.31. The molecule has 4 nitrogen and oxygen atoms in total. The molecule has 2 heterocycles. The van der Waals surface area contributed by atoms with Gasteiger partial charge in [0.1, 0.15) is 6.04 Å². The van der Waals surface area contributed by atoms with Crippen LogP contribution in [0.1, 0.15) is 51.9 Å². The number of morpholine rings is 1. The molecule has 0 aromatic carbocycles. The summed E-state index contributed by atoms with van der Waals surface area (Å²) >= 11 is 0. The third kappa shape index (κ3) is 2.86. The van der Waals surface area contributed by atoms with Crippen molar-refractivity contribution < 1.29 is 9.53 Å². The lowest BCUT2D eigenvalue weighted by Crippen LogP contribution is -2.59. The number of rotatable bonds is 1. The minimum Gasteiger partial charge on any atom is -0.375 e. The highest BCUT2D eigenvalue weighted by molar-refractivity contribution is 5.82. The molecule has 0 aromatic heterocycles. The maximum Gasteiger partial charge on any atom is 0.242 e. The van der Waals surface area contributed by atoms with Gasteiger partial charge in [0.2, 0.25) is 5.91 Å². The van der Waals surface area contributed by atoms with Gasteiger partial charge in [0.05, 0.1) is 12.7 Å². The number of likely N-dealkylation sites (tertiary alicyclic amines) is 1. The fourth-order valence-corrected chi connectivity index (χ4v) is 4.31. The van der Waals surface area contributed by atoms with E-state index in [4.69, 9.17) is 4.74 Å². The molecule has 3 fully saturated rings. The van der Waals surface area contributed by atoms with Gasteiger partial charge in [-0.3, -0.25) is 4.79 Å². The first-order valence-electron chi connectivity index (χ1n) is 8.34. The van der Waals surface area contributed by atoms with Gasteiger partial charge in [0, 0.05) is 19.6 Å². The van der Waals surface area contributed by atoms with E-state index in [0.717, 1.165) is 26.2 Å². The van der Waals surface area contributed by atoms with Gasteiger partial charge in [-0.05, 0) is 38.0 Å². The van der Waals surface area contributed by atoms with Gasteiger partial charge in [-0.1, -0.05) is 19.3 Å². The van der Waals surface area contributed by atoms with Gasteiger partial charge in [-0.2, -0.15) is 0 Å². The van der Waals surface area contributed by atoms with Crippen LogP contribution in [-0.2, 0) is 9.53 Å². The molecule has 114 valence electrons. The van der Waals surface area contributed by atoms with Crippen molar-refractivity contribution in [2.75, 3.05) is 26.2 Å². The summed E-state index contributed by atoms with van der Waals surface area (Å²) in [7, 11) is 0. The summed E-state index contributed by atoms with van der Waals surface area (Å²) in [5, 5.41) is 3.34. The molecule has 1 aliphatic carbocycles. The average molecular weight is 280 g/mol. The van der Waals surface area contributed by atoms with Gasteiger partial charge in [0.25, 0.3) is 0 Å². The summed E-state index contributed by atoms with van der Waals surface area (Å²) in [5.41, 5.74) is 0.435. The third-order valence-electron chi connectivity index (χ3n) is 5.47. The Kier molecular flexibility index (Phi) is 4.32. The first-order valence-corrected chi connectivity index (χ1v) is 8.34. The number of hydrogen-bond donors (Lipinski definition) is 1. The molecule has 0 unspecified atom stereocenters. The maximum atomic E-state index is 12.8. The molecule has 3 aliphatic rings. The second-order valence-electron chi connectivity index (χ2n) is 6.93. The lowest BCUT2D eigenvalue weighted by atomic mass is 9.69. The standard InChI is InChI=1S/C16H28N2O2/c1-13-14(17-9-11-20-13)15(19)18-10-5-8-16(12-18)6-3-2-4-7-16/h13-14,17H,2-12H2,1H3/t13-,14+/m1/s1. The Labute approximate surface area is 122 Å². The molecule has 20 heavy (non-hydrogen) atoms. The molecule has 1 spiro atoms. The van der Waals surface area contributed by atoms with Crippen molar-refractivity contribution in [1.82, 2.24) is 10.2 Å². The minimum absolute atomic E-state index is 0.000447. The number of piperidine rings is 1. The number of nitrogens with zero attached hydrogens (tertiary/aromatic N) is 1. The van der Waals surface area contributed by atoms with E-state index >= 15 is 0 Å². The zero-order chi connectivity index (χ0) is 14.0. The van der Waals surface area contributed by atoms with Crippen LogP contribution in [0.25, 0.3) is 0 Å². The maximum absolute atomic E-state index is 12.8. The monoisotopic (exact) mass is 280 g/mol. The average Bonchev–Trinajstić information content (AvgIpc) is 2.48. The van der Waals surface area contributed by atoms with Gasteiger partial charge >= 0.3 is 0 Å². The van der Waals surface area contributed by atoms with Gasteiger partial charge in [0.15, 0.2) is 0 Å². The van der Waals surface area contributed by atoms with Crippen molar-refractivity contribution in [3.63, 3.8) is 0 Å². The highest BCUT2D eigenvalue weighted by Gasteiger charge is 2.40. The molecule has 2 atom stereocenters. The van der Waals surface area contributed by atoms with E-state index in [1.165, 1.54) is 44.9 Å². The Morgan fingerprint density at radius 1 is 1.20 bits per heavy atom. The zero-order valence-electron chi connectivity index (χ0n) is 12.7. The first-order chi connectivity index (χ1) is 9.70. The summed E-state index contributed by atoms with van der Waals surface area (Å²) in [6, 6.07) is -0.137. The van der Waals surface area contributed by atoms with E-state index in [2.05, 4.69) is 10.2 Å². The van der Waals surface area contributed by atoms with Crippen molar-refractivity contribution in [1.29, 1.82) is 0 Å². The van der Waals surface area contributed by atoms with Gasteiger partial charge in [-0.25, -0.2) is 0 Å². The Morgan fingerprint density at radius 2 is 1.95 bits per heavy atom. The summed E-state index contributed by atoms with van der Waals surface area (Å²) in [6.07, 6.45) is 9.22. The molecular weight excluding hydrogens is 252 g/mol. The van der Waals surface area contributed by atoms with Crippen LogP contribution in [0.5, 0.6) is 0 Å². The van der Waals surface area contributed by atoms with E-state index in [0.29, 0.717) is 5.41 Å². The number of carbonyl (C=O) groups excluding carboxylic acids is 1. The number of carbonyl (C=O) groups is 1. The van der Waals surface area contributed by atoms with E-state index < -0.39 is 0 Å². The molecule has 0 aromatic rings. The lowest BCUT2D eigenvalue weighted by Gasteiger charge is -2.46. The largest absolute Gasteiger partial charge is 0.375 e. The molecule has 1 amide bonds. The van der Waals surface area contributed by atoms with Crippen LogP contribution in [0.15, 0.2) is 0 Å². The van der Waals surface area contributed by atoms with Crippen molar-refractivity contribution in [2.24, 2.45) is 5.41 Å². The topological polar surface area (TPSA) is 41.6 Å². The van der Waals surface area contributed by atoms with Crippen molar-refractivity contribution in [3.8, 4) is 0 Å². The van der Waals surface area contributed by atoms with Crippen molar-refractivity contribution in [2.45, 2.75) is 64.0 Å². The zero-order valence-corrected chi connectivity index (χ0v) is 12.7. The quantitative estimate of drug-likeness (QED) is 0.798. The fraction of sp³-hybridized carbons (Fsp3) is 0.938. The molecule has 2 aliphatic heterocycles. The first kappa shape index (κ1) is 14.3. The second kappa shape index (κ2) is 6.02. The van der Waals surface area contributed by atoms with E-state index in [1.54, 1.807) is 0 Å². The number of nitrogens with one attached hydrogen (secondary N) is 1. The summed E-state index contributed by atoms with van der Waals surface area (Å²) in [5.74, 6) is 0.266. The molecule has 0 radical (unpaired) electrons. The molecule has 1 saturated carbocycles. The van der Waals surface area contributed by atoms with E-state index in [9.17, 15) is 4.79 Å².